The molecule has 0 saturated carbocycles. The number of methoxy groups -OCH3 is 1. The van der Waals surface area contributed by atoms with E-state index in [9.17, 15) is 13.2 Å². The predicted molar refractivity (Wildman–Crippen MR) is 75.2 cm³/mol. The summed E-state index contributed by atoms with van der Waals surface area (Å²) in [6.45, 7) is 4.02. The van der Waals surface area contributed by atoms with Gasteiger partial charge in [0.25, 0.3) is 0 Å². The first-order valence-corrected chi connectivity index (χ1v) is 6.96. The Morgan fingerprint density at radius 3 is 2.62 bits per heavy atom. The average molecular weight is 305 g/mol. The summed E-state index contributed by atoms with van der Waals surface area (Å²) >= 11 is 0. The van der Waals surface area contributed by atoms with Crippen LogP contribution in [0.25, 0.3) is 0 Å². The summed E-state index contributed by atoms with van der Waals surface area (Å²) in [6, 6.07) is 5.10. The molecule has 1 N–H and O–H groups in total. The molecule has 120 valence electrons. The molecular weight excluding hydrogens is 283 g/mol. The number of benzene rings is 1. The van der Waals surface area contributed by atoms with Crippen molar-refractivity contribution in [1.82, 2.24) is 5.32 Å². The van der Waals surface area contributed by atoms with Gasteiger partial charge in [-0.25, -0.2) is 0 Å². The molecule has 0 aliphatic carbocycles. The van der Waals surface area contributed by atoms with E-state index in [1.54, 1.807) is 13.2 Å². The number of ether oxygens (including phenoxy) is 2. The minimum Gasteiger partial charge on any atom is -0.385 e. The minimum absolute atomic E-state index is 0.250. The number of rotatable bonds is 9. The molecule has 0 aliphatic rings. The fourth-order valence-electron chi connectivity index (χ4n) is 1.96. The fraction of sp³-hybridized carbons (Fsp3) is 0.600. The number of halogens is 3. The van der Waals surface area contributed by atoms with Crippen LogP contribution in [0.2, 0.25) is 0 Å². The van der Waals surface area contributed by atoms with Crippen LogP contribution in [0.15, 0.2) is 24.3 Å². The van der Waals surface area contributed by atoms with Crippen molar-refractivity contribution in [2.45, 2.75) is 25.6 Å². The zero-order valence-corrected chi connectivity index (χ0v) is 12.4. The highest BCUT2D eigenvalue weighted by molar-refractivity contribution is 5.28. The van der Waals surface area contributed by atoms with Crippen molar-refractivity contribution >= 4 is 0 Å². The SMILES string of the molecule is CCNC(COCCCOC)c1cccc(C(F)(F)F)c1. The molecule has 3 nitrogen and oxygen atoms in total. The highest BCUT2D eigenvalue weighted by atomic mass is 19.4. The van der Waals surface area contributed by atoms with E-state index in [0.717, 1.165) is 12.5 Å². The Bertz CT molecular complexity index is 410. The van der Waals surface area contributed by atoms with E-state index in [1.807, 2.05) is 6.92 Å². The van der Waals surface area contributed by atoms with E-state index in [-0.39, 0.29) is 6.04 Å². The van der Waals surface area contributed by atoms with Crippen LogP contribution >= 0.6 is 0 Å². The maximum atomic E-state index is 12.7. The molecular formula is C15H22F3NO2. The topological polar surface area (TPSA) is 30.5 Å². The first kappa shape index (κ1) is 17.9. The second-order valence-corrected chi connectivity index (χ2v) is 4.65. The molecule has 0 radical (unpaired) electrons. The summed E-state index contributed by atoms with van der Waals surface area (Å²) < 4.78 is 48.6. The van der Waals surface area contributed by atoms with Gasteiger partial charge in [-0.1, -0.05) is 19.1 Å². The lowest BCUT2D eigenvalue weighted by Crippen LogP contribution is -2.26. The first-order chi connectivity index (χ1) is 9.99. The second kappa shape index (κ2) is 9.02. The molecule has 0 amide bonds. The molecule has 6 heteroatoms. The third-order valence-corrected chi connectivity index (χ3v) is 2.99. The van der Waals surface area contributed by atoms with E-state index in [4.69, 9.17) is 9.47 Å². The van der Waals surface area contributed by atoms with Crippen LogP contribution in [0.3, 0.4) is 0 Å². The Balaban J connectivity index is 2.67. The zero-order valence-electron chi connectivity index (χ0n) is 12.4. The van der Waals surface area contributed by atoms with Gasteiger partial charge in [0, 0.05) is 20.3 Å². The molecule has 1 rings (SSSR count). The molecule has 1 atom stereocenters. The van der Waals surface area contributed by atoms with Crippen LogP contribution < -0.4 is 5.32 Å². The molecule has 1 aromatic carbocycles. The molecule has 0 spiro atoms. The lowest BCUT2D eigenvalue weighted by atomic mass is 10.0. The van der Waals surface area contributed by atoms with Crippen LogP contribution in [-0.4, -0.2) is 33.5 Å². The highest BCUT2D eigenvalue weighted by Gasteiger charge is 2.30. The predicted octanol–water partition coefficient (Wildman–Crippen LogP) is 3.41. The number of nitrogens with one attached hydrogen (secondary N) is 1. The van der Waals surface area contributed by atoms with E-state index < -0.39 is 11.7 Å². The molecule has 0 fully saturated rings. The highest BCUT2D eigenvalue weighted by Crippen LogP contribution is 2.30. The zero-order chi connectivity index (χ0) is 15.7. The maximum absolute atomic E-state index is 12.7. The Kier molecular flexibility index (Phi) is 7.71. The van der Waals surface area contributed by atoms with E-state index in [0.29, 0.717) is 31.9 Å². The average Bonchev–Trinajstić information content (AvgIpc) is 2.45. The summed E-state index contributed by atoms with van der Waals surface area (Å²) in [5, 5.41) is 3.14. The monoisotopic (exact) mass is 305 g/mol. The lowest BCUT2D eigenvalue weighted by molar-refractivity contribution is -0.137. The van der Waals surface area contributed by atoms with Gasteiger partial charge in [-0.2, -0.15) is 13.2 Å². The normalized spacial score (nSPS) is 13.4. The first-order valence-electron chi connectivity index (χ1n) is 6.96. The van der Waals surface area contributed by atoms with Crippen molar-refractivity contribution in [3.05, 3.63) is 35.4 Å². The summed E-state index contributed by atoms with van der Waals surface area (Å²) in [4.78, 5) is 0. The Morgan fingerprint density at radius 1 is 1.24 bits per heavy atom. The smallest absolute Gasteiger partial charge is 0.385 e. The Hall–Kier alpha value is -1.11. The van der Waals surface area contributed by atoms with Gasteiger partial charge < -0.3 is 14.8 Å². The van der Waals surface area contributed by atoms with Gasteiger partial charge in [0.1, 0.15) is 0 Å². The van der Waals surface area contributed by atoms with E-state index in [1.165, 1.54) is 12.1 Å². The van der Waals surface area contributed by atoms with Crippen molar-refractivity contribution in [3.63, 3.8) is 0 Å². The molecule has 1 aromatic rings. The summed E-state index contributed by atoms with van der Waals surface area (Å²) in [5.41, 5.74) is -0.0549. The Morgan fingerprint density at radius 2 is 2.00 bits per heavy atom. The van der Waals surface area contributed by atoms with Crippen molar-refractivity contribution in [3.8, 4) is 0 Å². The van der Waals surface area contributed by atoms with Crippen LogP contribution in [0, 0.1) is 0 Å². The Labute approximate surface area is 123 Å². The summed E-state index contributed by atoms with van der Waals surface area (Å²) in [7, 11) is 1.62. The second-order valence-electron chi connectivity index (χ2n) is 4.65. The van der Waals surface area contributed by atoms with Crippen LogP contribution in [0.5, 0.6) is 0 Å². The fourth-order valence-corrected chi connectivity index (χ4v) is 1.96. The van der Waals surface area contributed by atoms with Gasteiger partial charge in [-0.15, -0.1) is 0 Å². The van der Waals surface area contributed by atoms with Crippen molar-refractivity contribution in [1.29, 1.82) is 0 Å². The number of hydrogen-bond acceptors (Lipinski definition) is 3. The van der Waals surface area contributed by atoms with E-state index >= 15 is 0 Å². The van der Waals surface area contributed by atoms with Crippen molar-refractivity contribution in [2.75, 3.05) is 33.5 Å². The largest absolute Gasteiger partial charge is 0.416 e. The molecule has 21 heavy (non-hydrogen) atoms. The third kappa shape index (κ3) is 6.46. The van der Waals surface area contributed by atoms with Crippen molar-refractivity contribution < 1.29 is 22.6 Å². The van der Waals surface area contributed by atoms with Gasteiger partial charge in [-0.05, 0) is 30.7 Å². The van der Waals surface area contributed by atoms with Gasteiger partial charge in [0.2, 0.25) is 0 Å². The minimum atomic E-state index is -4.33. The molecule has 0 heterocycles. The quantitative estimate of drug-likeness (QED) is 0.709. The van der Waals surface area contributed by atoms with Gasteiger partial charge in [0.15, 0.2) is 0 Å². The van der Waals surface area contributed by atoms with Crippen molar-refractivity contribution in [2.24, 2.45) is 0 Å². The maximum Gasteiger partial charge on any atom is 0.416 e. The van der Waals surface area contributed by atoms with Crippen LogP contribution in [-0.2, 0) is 15.7 Å². The molecule has 0 aliphatic heterocycles. The molecule has 1 unspecified atom stereocenters. The van der Waals surface area contributed by atoms with Gasteiger partial charge in [0.05, 0.1) is 18.2 Å². The number of hydrogen-bond donors (Lipinski definition) is 1. The molecule has 0 bridgehead atoms. The standard InChI is InChI=1S/C15H22F3NO2/c1-3-19-14(11-21-9-5-8-20-2)12-6-4-7-13(10-12)15(16,17)18/h4,6-7,10,14,19H,3,5,8-9,11H2,1-2H3. The lowest BCUT2D eigenvalue weighted by Gasteiger charge is -2.19. The van der Waals surface area contributed by atoms with E-state index in [2.05, 4.69) is 5.32 Å². The molecule has 0 saturated heterocycles. The van der Waals surface area contributed by atoms with Gasteiger partial charge >= 0.3 is 6.18 Å². The van der Waals surface area contributed by atoms with Crippen LogP contribution in [0.1, 0.15) is 30.5 Å². The third-order valence-electron chi connectivity index (χ3n) is 2.99. The summed E-state index contributed by atoms with van der Waals surface area (Å²) in [5.74, 6) is 0. The van der Waals surface area contributed by atoms with Crippen LogP contribution in [0.4, 0.5) is 13.2 Å². The molecule has 0 aromatic heterocycles. The number of alkyl halides is 3. The van der Waals surface area contributed by atoms with Gasteiger partial charge in [-0.3, -0.25) is 0 Å². The summed E-state index contributed by atoms with van der Waals surface area (Å²) in [6.07, 6.45) is -3.57. The number of likely N-dealkylation sites (N-methyl/N-ethyl adjacent to an activating group) is 1.